The van der Waals surface area contributed by atoms with Crippen LogP contribution < -0.4 is 5.73 Å². The minimum atomic E-state index is -0.727. The van der Waals surface area contributed by atoms with Gasteiger partial charge in [-0.15, -0.1) is 10.2 Å². The molecule has 2 rings (SSSR count). The van der Waals surface area contributed by atoms with Gasteiger partial charge in [0.2, 0.25) is 5.89 Å². The summed E-state index contributed by atoms with van der Waals surface area (Å²) in [4.78, 5) is 10.7. The normalized spacial score (nSPS) is 10.3. The maximum Gasteiger partial charge on any atom is 0.306 e. The third-order valence-corrected chi connectivity index (χ3v) is 2.20. The van der Waals surface area contributed by atoms with E-state index < -0.39 is 5.91 Å². The van der Waals surface area contributed by atoms with E-state index in [2.05, 4.69) is 10.2 Å². The van der Waals surface area contributed by atoms with Crippen LogP contribution in [0.3, 0.4) is 0 Å². The summed E-state index contributed by atoms with van der Waals surface area (Å²) in [6.45, 7) is 0. The van der Waals surface area contributed by atoms with Crippen molar-refractivity contribution in [1.29, 1.82) is 0 Å². The van der Waals surface area contributed by atoms with Crippen LogP contribution in [0.2, 0.25) is 5.02 Å². The van der Waals surface area contributed by atoms with Gasteiger partial charge in [-0.3, -0.25) is 4.79 Å². The first kappa shape index (κ1) is 10.6. The summed E-state index contributed by atoms with van der Waals surface area (Å²) in [6.07, 6.45) is 0.442. The van der Waals surface area contributed by atoms with Gasteiger partial charge in [-0.1, -0.05) is 23.7 Å². The average molecular weight is 238 g/mol. The van der Waals surface area contributed by atoms with E-state index in [0.29, 0.717) is 17.3 Å². The van der Waals surface area contributed by atoms with Gasteiger partial charge in [0.1, 0.15) is 0 Å². The first-order chi connectivity index (χ1) is 7.65. The van der Waals surface area contributed by atoms with Gasteiger partial charge >= 0.3 is 11.8 Å². The second-order valence-corrected chi connectivity index (χ2v) is 3.60. The molecule has 0 bridgehead atoms. The van der Waals surface area contributed by atoms with Gasteiger partial charge < -0.3 is 10.2 Å². The Balaban J connectivity index is 2.14. The predicted octanol–water partition coefficient (Wildman–Crippen LogP) is 1.41. The van der Waals surface area contributed by atoms with Crippen LogP contribution in [-0.2, 0) is 6.42 Å². The smallest absolute Gasteiger partial charge is 0.306 e. The molecule has 0 saturated carbocycles. The maximum absolute atomic E-state index is 10.7. The van der Waals surface area contributed by atoms with Gasteiger partial charge in [-0.05, 0) is 17.7 Å². The fourth-order valence-electron chi connectivity index (χ4n) is 1.20. The Bertz CT molecular complexity index is 507. The zero-order chi connectivity index (χ0) is 11.5. The second-order valence-electron chi connectivity index (χ2n) is 3.17. The van der Waals surface area contributed by atoms with E-state index in [0.717, 1.165) is 5.56 Å². The molecule has 0 aliphatic rings. The number of benzene rings is 1. The van der Waals surface area contributed by atoms with Crippen LogP contribution in [0, 0.1) is 0 Å². The Morgan fingerprint density at radius 2 is 2.00 bits per heavy atom. The highest BCUT2D eigenvalue weighted by atomic mass is 35.5. The fourth-order valence-corrected chi connectivity index (χ4v) is 1.33. The number of carbonyl (C=O) groups excluding carboxylic acids is 1. The molecule has 0 spiro atoms. The third-order valence-electron chi connectivity index (χ3n) is 1.95. The van der Waals surface area contributed by atoms with Gasteiger partial charge in [-0.25, -0.2) is 0 Å². The standard InChI is InChI=1S/C10H8ClN3O2/c11-7-3-1-6(2-4-7)5-8-13-14-10(16-8)9(12)15/h1-4H,5H2,(H2,12,15). The molecule has 0 unspecified atom stereocenters. The lowest BCUT2D eigenvalue weighted by molar-refractivity contribution is 0.0965. The molecule has 0 aliphatic carbocycles. The monoisotopic (exact) mass is 237 g/mol. The molecule has 0 saturated heterocycles. The first-order valence-corrected chi connectivity index (χ1v) is 4.89. The van der Waals surface area contributed by atoms with E-state index >= 15 is 0 Å². The number of nitrogens with zero attached hydrogens (tertiary/aromatic N) is 2. The number of rotatable bonds is 3. The Morgan fingerprint density at radius 1 is 1.31 bits per heavy atom. The molecule has 82 valence electrons. The van der Waals surface area contributed by atoms with Crippen LogP contribution in [0.15, 0.2) is 28.7 Å². The fraction of sp³-hybridized carbons (Fsp3) is 0.100. The summed E-state index contributed by atoms with van der Waals surface area (Å²) in [5.74, 6) is -0.560. The van der Waals surface area contributed by atoms with E-state index in [1.165, 1.54) is 0 Å². The maximum atomic E-state index is 10.7. The highest BCUT2D eigenvalue weighted by molar-refractivity contribution is 6.30. The summed E-state index contributed by atoms with van der Waals surface area (Å²) >= 11 is 5.75. The lowest BCUT2D eigenvalue weighted by Gasteiger charge is -1.96. The van der Waals surface area contributed by atoms with Crippen molar-refractivity contribution in [2.45, 2.75) is 6.42 Å². The predicted molar refractivity (Wildman–Crippen MR) is 57.1 cm³/mol. The van der Waals surface area contributed by atoms with Gasteiger partial charge in [0.05, 0.1) is 6.42 Å². The van der Waals surface area contributed by atoms with Crippen molar-refractivity contribution >= 4 is 17.5 Å². The molecule has 1 aromatic carbocycles. The second kappa shape index (κ2) is 4.32. The number of halogens is 1. The average Bonchev–Trinajstić information content (AvgIpc) is 2.70. The largest absolute Gasteiger partial charge is 0.417 e. The topological polar surface area (TPSA) is 82.0 Å². The number of nitrogens with two attached hydrogens (primary N) is 1. The van der Waals surface area contributed by atoms with Crippen LogP contribution in [0.1, 0.15) is 22.1 Å². The molecule has 1 amide bonds. The van der Waals surface area contributed by atoms with E-state index in [-0.39, 0.29) is 5.89 Å². The van der Waals surface area contributed by atoms with Crippen LogP contribution in [0.5, 0.6) is 0 Å². The number of aromatic nitrogens is 2. The molecule has 2 aromatic rings. The molecule has 0 aliphatic heterocycles. The molecule has 0 fully saturated rings. The van der Waals surface area contributed by atoms with Gasteiger partial charge in [0, 0.05) is 5.02 Å². The highest BCUT2D eigenvalue weighted by Gasteiger charge is 2.11. The Hall–Kier alpha value is -1.88. The lowest BCUT2D eigenvalue weighted by Crippen LogP contribution is -2.11. The number of amides is 1. The van der Waals surface area contributed by atoms with Crippen molar-refractivity contribution in [3.05, 3.63) is 46.6 Å². The number of hydrogen-bond donors (Lipinski definition) is 1. The van der Waals surface area contributed by atoms with Crippen molar-refractivity contribution in [2.75, 3.05) is 0 Å². The molecule has 0 radical (unpaired) electrons. The van der Waals surface area contributed by atoms with Crippen LogP contribution in [0.4, 0.5) is 0 Å². The van der Waals surface area contributed by atoms with Crippen LogP contribution >= 0.6 is 11.6 Å². The summed E-state index contributed by atoms with van der Waals surface area (Å²) in [5.41, 5.74) is 5.95. The molecule has 1 aromatic heterocycles. The first-order valence-electron chi connectivity index (χ1n) is 4.52. The van der Waals surface area contributed by atoms with Crippen molar-refractivity contribution in [1.82, 2.24) is 10.2 Å². The minimum Gasteiger partial charge on any atom is -0.417 e. The molecular formula is C10H8ClN3O2. The summed E-state index contributed by atoms with van der Waals surface area (Å²) in [7, 11) is 0. The molecule has 16 heavy (non-hydrogen) atoms. The Morgan fingerprint density at radius 3 is 2.56 bits per heavy atom. The Kier molecular flexibility index (Phi) is 2.87. The molecule has 2 N–H and O–H groups in total. The number of hydrogen-bond acceptors (Lipinski definition) is 4. The molecule has 0 atom stereocenters. The lowest BCUT2D eigenvalue weighted by atomic mass is 10.1. The van der Waals surface area contributed by atoms with E-state index in [1.54, 1.807) is 12.1 Å². The third kappa shape index (κ3) is 2.38. The highest BCUT2D eigenvalue weighted by Crippen LogP contribution is 2.12. The zero-order valence-electron chi connectivity index (χ0n) is 8.18. The quantitative estimate of drug-likeness (QED) is 0.875. The van der Waals surface area contributed by atoms with E-state index in [1.807, 2.05) is 12.1 Å². The molecular weight excluding hydrogens is 230 g/mol. The minimum absolute atomic E-state index is 0.177. The number of carbonyl (C=O) groups is 1. The van der Waals surface area contributed by atoms with E-state index in [9.17, 15) is 4.79 Å². The van der Waals surface area contributed by atoms with Gasteiger partial charge in [0.25, 0.3) is 0 Å². The molecule has 6 heteroatoms. The van der Waals surface area contributed by atoms with Crippen molar-refractivity contribution < 1.29 is 9.21 Å². The SMILES string of the molecule is NC(=O)c1nnc(Cc2ccc(Cl)cc2)o1. The molecule has 1 heterocycles. The van der Waals surface area contributed by atoms with Crippen molar-refractivity contribution in [3.63, 3.8) is 0 Å². The van der Waals surface area contributed by atoms with Gasteiger partial charge in [-0.2, -0.15) is 0 Å². The van der Waals surface area contributed by atoms with Crippen LogP contribution in [-0.4, -0.2) is 16.1 Å². The summed E-state index contributed by atoms with van der Waals surface area (Å²) < 4.78 is 5.05. The molecule has 5 nitrogen and oxygen atoms in total. The van der Waals surface area contributed by atoms with Crippen molar-refractivity contribution in [2.24, 2.45) is 5.73 Å². The summed E-state index contributed by atoms with van der Waals surface area (Å²) in [6, 6.07) is 7.22. The zero-order valence-corrected chi connectivity index (χ0v) is 8.94. The van der Waals surface area contributed by atoms with Gasteiger partial charge in [0.15, 0.2) is 0 Å². The summed E-state index contributed by atoms with van der Waals surface area (Å²) in [5, 5.41) is 7.88. The van der Waals surface area contributed by atoms with E-state index in [4.69, 9.17) is 21.8 Å². The number of primary amides is 1. The Labute approximate surface area is 96.2 Å². The van der Waals surface area contributed by atoms with Crippen molar-refractivity contribution in [3.8, 4) is 0 Å². The van der Waals surface area contributed by atoms with Crippen LogP contribution in [0.25, 0.3) is 0 Å².